The number of ether oxygens (including phenoxy) is 6. The maximum Gasteiger partial charge on any atom is 0.311 e. The molecule has 0 spiro atoms. The van der Waals surface area contributed by atoms with Gasteiger partial charge in [0.2, 0.25) is 0 Å². The molecule has 5 N–H and O–H groups in total. The summed E-state index contributed by atoms with van der Waals surface area (Å²) >= 11 is 0. The predicted molar refractivity (Wildman–Crippen MR) is 186 cm³/mol. The van der Waals surface area contributed by atoms with E-state index in [1.54, 1.807) is 41.5 Å². The standard InChI is InChI=1S/C37H67NO13/c1-14-25-37(10,45)30(41)20(4)27(39)18(2)16-35(8,44)32(51-34-28(40)24(38(11)12)15-19(3)47-34)21(5)29(22(6)33(43)49-25)50-26-17-36(9,46-13)31(42)23(7)48-26/h18-26,28-32,34,40-42,44-45H,14-17H2,1-13H3/t18-,19-,20+,21+,22-,23-,24+,25-,26-,28-,29+,30-,31-,32-,34+,35-,36+,37-/m1/s1. The highest BCUT2D eigenvalue weighted by Gasteiger charge is 2.53. The number of carbonyl (C=O) groups excluding carboxylic acids is 2. The number of esters is 1. The summed E-state index contributed by atoms with van der Waals surface area (Å²) in [7, 11) is 5.18. The zero-order valence-electron chi connectivity index (χ0n) is 32.9. The molecule has 14 nitrogen and oxygen atoms in total. The van der Waals surface area contributed by atoms with E-state index in [9.17, 15) is 35.1 Å². The number of cyclic esters (lactones) is 1. The number of ketones is 1. The lowest BCUT2D eigenvalue weighted by molar-refractivity contribution is -0.318. The Labute approximate surface area is 304 Å². The van der Waals surface area contributed by atoms with E-state index in [2.05, 4.69) is 0 Å². The van der Waals surface area contributed by atoms with Crippen LogP contribution in [0.1, 0.15) is 94.9 Å². The summed E-state index contributed by atoms with van der Waals surface area (Å²) < 4.78 is 37.1. The first kappa shape index (κ1) is 44.1. The second kappa shape index (κ2) is 17.0. The Morgan fingerprint density at radius 2 is 1.49 bits per heavy atom. The average Bonchev–Trinajstić information content (AvgIpc) is 3.05. The third kappa shape index (κ3) is 9.51. The van der Waals surface area contributed by atoms with Crippen molar-refractivity contribution in [2.75, 3.05) is 21.2 Å². The Kier molecular flexibility index (Phi) is 14.7. The Morgan fingerprint density at radius 1 is 0.882 bits per heavy atom. The molecule has 0 aliphatic carbocycles. The molecular formula is C37H67NO13. The fourth-order valence-corrected chi connectivity index (χ4v) is 8.41. The van der Waals surface area contributed by atoms with Gasteiger partial charge in [-0.3, -0.25) is 9.59 Å². The Hall–Kier alpha value is -1.30. The summed E-state index contributed by atoms with van der Waals surface area (Å²) in [5.74, 6) is -4.98. The van der Waals surface area contributed by atoms with E-state index in [0.717, 1.165) is 0 Å². The molecule has 3 rings (SSSR count). The molecule has 298 valence electrons. The molecule has 0 saturated carbocycles. The van der Waals surface area contributed by atoms with Gasteiger partial charge in [-0.2, -0.15) is 0 Å². The SMILES string of the molecule is CC[C@H]1OC(=O)[C@H](C)[C@@H](O[C@@H]2C[C@](C)(OC)[C@H](O)[C@@H](C)O2)[C@H](C)[C@@H](O[C@@H]2O[C@H](C)C[C@H](N(C)C)[C@H]2O)[C@](C)(O)C[C@@H](C)C(=O)[C@H](C)[C@@H](O)[C@]1(C)O. The van der Waals surface area contributed by atoms with Crippen LogP contribution >= 0.6 is 0 Å². The molecule has 0 radical (unpaired) electrons. The van der Waals surface area contributed by atoms with Crippen molar-refractivity contribution in [2.24, 2.45) is 23.7 Å². The Bertz CT molecular complexity index is 1170. The van der Waals surface area contributed by atoms with Gasteiger partial charge < -0.3 is 58.9 Å². The van der Waals surface area contributed by atoms with E-state index in [0.29, 0.717) is 6.42 Å². The topological polar surface area (TPSA) is 194 Å². The minimum absolute atomic E-state index is 0.0936. The van der Waals surface area contributed by atoms with Gasteiger partial charge in [0.1, 0.15) is 29.7 Å². The molecule has 0 aromatic rings. The molecule has 51 heavy (non-hydrogen) atoms. The summed E-state index contributed by atoms with van der Waals surface area (Å²) in [5.41, 5.74) is -4.84. The van der Waals surface area contributed by atoms with Crippen LogP contribution in [0.2, 0.25) is 0 Å². The number of methoxy groups -OCH3 is 1. The zero-order valence-corrected chi connectivity index (χ0v) is 32.9. The van der Waals surface area contributed by atoms with Crippen LogP contribution in [0.5, 0.6) is 0 Å². The first-order valence-electron chi connectivity index (χ1n) is 18.5. The number of hydrogen-bond donors (Lipinski definition) is 5. The lowest BCUT2D eigenvalue weighted by Crippen LogP contribution is -2.61. The molecule has 3 heterocycles. The van der Waals surface area contributed by atoms with Gasteiger partial charge in [0.15, 0.2) is 12.6 Å². The van der Waals surface area contributed by atoms with E-state index in [1.807, 2.05) is 25.9 Å². The predicted octanol–water partition coefficient (Wildman–Crippen LogP) is 1.79. The van der Waals surface area contributed by atoms with Crippen LogP contribution in [0.4, 0.5) is 0 Å². The van der Waals surface area contributed by atoms with Crippen LogP contribution in [-0.2, 0) is 38.0 Å². The molecule has 0 bridgehead atoms. The van der Waals surface area contributed by atoms with Gasteiger partial charge >= 0.3 is 5.97 Å². The fraction of sp³-hybridized carbons (Fsp3) is 0.946. The number of hydrogen-bond acceptors (Lipinski definition) is 14. The highest BCUT2D eigenvalue weighted by Crippen LogP contribution is 2.40. The lowest BCUT2D eigenvalue weighted by atomic mass is 9.74. The number of likely N-dealkylation sites (N-methyl/N-ethyl adjacent to an activating group) is 1. The summed E-state index contributed by atoms with van der Waals surface area (Å²) in [4.78, 5) is 29.8. The number of rotatable bonds is 7. The first-order valence-corrected chi connectivity index (χ1v) is 18.5. The lowest BCUT2D eigenvalue weighted by Gasteiger charge is -2.49. The van der Waals surface area contributed by atoms with Crippen molar-refractivity contribution in [3.63, 3.8) is 0 Å². The van der Waals surface area contributed by atoms with Crippen LogP contribution in [0.3, 0.4) is 0 Å². The molecule has 3 aliphatic heterocycles. The highest BCUT2D eigenvalue weighted by molar-refractivity contribution is 5.83. The average molecular weight is 734 g/mol. The van der Waals surface area contributed by atoms with Crippen molar-refractivity contribution < 1.29 is 63.5 Å². The molecule has 0 aromatic carbocycles. The van der Waals surface area contributed by atoms with E-state index >= 15 is 0 Å². The van der Waals surface area contributed by atoms with Crippen LogP contribution < -0.4 is 0 Å². The van der Waals surface area contributed by atoms with Crippen molar-refractivity contribution in [3.8, 4) is 0 Å². The Morgan fingerprint density at radius 3 is 2.04 bits per heavy atom. The maximum atomic E-state index is 14.1. The van der Waals surface area contributed by atoms with Crippen molar-refractivity contribution in [3.05, 3.63) is 0 Å². The van der Waals surface area contributed by atoms with Gasteiger partial charge in [-0.05, 0) is 74.9 Å². The number of aliphatic hydroxyl groups is 5. The molecule has 0 aromatic heterocycles. The molecule has 18 atom stereocenters. The van der Waals surface area contributed by atoms with Crippen LogP contribution in [0, 0.1) is 23.7 Å². The highest BCUT2D eigenvalue weighted by atomic mass is 16.7. The quantitative estimate of drug-likeness (QED) is 0.238. The maximum absolute atomic E-state index is 14.1. The monoisotopic (exact) mass is 733 g/mol. The van der Waals surface area contributed by atoms with Crippen LogP contribution in [0.15, 0.2) is 0 Å². The molecule has 0 unspecified atom stereocenters. The third-order valence-electron chi connectivity index (χ3n) is 11.8. The number of Topliss-reactive ketones (excluding diaryl/α,β-unsaturated/α-hetero) is 1. The minimum atomic E-state index is -1.99. The molecule has 0 amide bonds. The molecule has 3 aliphatic rings. The van der Waals surface area contributed by atoms with E-state index in [-0.39, 0.29) is 31.4 Å². The van der Waals surface area contributed by atoms with E-state index in [4.69, 9.17) is 28.4 Å². The van der Waals surface area contributed by atoms with Crippen molar-refractivity contribution in [1.29, 1.82) is 0 Å². The second-order valence-corrected chi connectivity index (χ2v) is 16.5. The molecular weight excluding hydrogens is 666 g/mol. The van der Waals surface area contributed by atoms with Crippen molar-refractivity contribution in [2.45, 2.75) is 179 Å². The van der Waals surface area contributed by atoms with Crippen LogP contribution in [0.25, 0.3) is 0 Å². The summed E-state index contributed by atoms with van der Waals surface area (Å²) in [5, 5.41) is 57.6. The third-order valence-corrected chi connectivity index (χ3v) is 11.8. The molecule has 3 saturated heterocycles. The van der Waals surface area contributed by atoms with E-state index < -0.39 is 108 Å². The zero-order chi connectivity index (χ0) is 39.0. The fourth-order valence-electron chi connectivity index (χ4n) is 8.41. The van der Waals surface area contributed by atoms with Crippen molar-refractivity contribution >= 4 is 11.8 Å². The van der Waals surface area contributed by atoms with E-state index in [1.165, 1.54) is 27.9 Å². The first-order chi connectivity index (χ1) is 23.4. The van der Waals surface area contributed by atoms with Gasteiger partial charge in [-0.15, -0.1) is 0 Å². The van der Waals surface area contributed by atoms with Gasteiger partial charge in [-0.1, -0.05) is 27.7 Å². The summed E-state index contributed by atoms with van der Waals surface area (Å²) in [6.07, 6.45) is -9.71. The normalized spacial score (nSPS) is 49.7. The Balaban J connectivity index is 2.18. The second-order valence-electron chi connectivity index (χ2n) is 16.5. The summed E-state index contributed by atoms with van der Waals surface area (Å²) in [6, 6.07) is -0.324. The number of aliphatic hydroxyl groups excluding tert-OH is 3. The van der Waals surface area contributed by atoms with Gasteiger partial charge in [0.25, 0.3) is 0 Å². The smallest absolute Gasteiger partial charge is 0.311 e. The molecule has 3 fully saturated rings. The molecule has 14 heteroatoms. The van der Waals surface area contributed by atoms with Gasteiger partial charge in [0.05, 0.1) is 47.6 Å². The largest absolute Gasteiger partial charge is 0.459 e. The number of carbonyl (C=O) groups is 2. The van der Waals surface area contributed by atoms with Gasteiger partial charge in [0, 0.05) is 37.3 Å². The summed E-state index contributed by atoms with van der Waals surface area (Å²) in [6.45, 7) is 16.3. The van der Waals surface area contributed by atoms with Gasteiger partial charge in [-0.25, -0.2) is 0 Å². The number of nitrogens with zero attached hydrogens (tertiary/aromatic N) is 1. The van der Waals surface area contributed by atoms with Crippen LogP contribution in [-0.4, -0.2) is 148 Å². The van der Waals surface area contributed by atoms with Crippen molar-refractivity contribution in [1.82, 2.24) is 4.90 Å². The minimum Gasteiger partial charge on any atom is -0.459 e.